The van der Waals surface area contributed by atoms with Crippen molar-refractivity contribution in [2.75, 3.05) is 19.0 Å². The second-order valence-electron chi connectivity index (χ2n) is 6.37. The molecule has 0 aliphatic carbocycles. The first kappa shape index (κ1) is 19.1. The van der Waals surface area contributed by atoms with Crippen LogP contribution in [-0.2, 0) is 4.79 Å². The van der Waals surface area contributed by atoms with E-state index in [9.17, 15) is 13.6 Å². The summed E-state index contributed by atoms with van der Waals surface area (Å²) in [6, 6.07) is 7.95. The molecule has 2 N–H and O–H groups in total. The topological polar surface area (TPSA) is 89.3 Å². The van der Waals surface area contributed by atoms with Crippen molar-refractivity contribution in [3.05, 3.63) is 58.6 Å². The van der Waals surface area contributed by atoms with Gasteiger partial charge in [0, 0.05) is 30.2 Å². The van der Waals surface area contributed by atoms with E-state index in [1.54, 1.807) is 24.3 Å². The molecule has 0 spiro atoms. The van der Waals surface area contributed by atoms with Gasteiger partial charge in [-0.15, -0.1) is 5.10 Å². The average Bonchev–Trinajstić information content (AvgIpc) is 3.30. The Bertz CT molecular complexity index is 1050. The molecular weight excluding hydrogens is 406 g/mol. The molecule has 1 aromatic heterocycles. The molecular formula is C19H15ClF2N4O3. The molecule has 1 aliphatic rings. The SMILES string of the molecule is COc1cc(F)c([C@@H]2CNC(=O)[C@H]2Nc2nnc(-c3ccccc3Cl)o2)c(F)c1. The predicted octanol–water partition coefficient (Wildman–Crippen LogP) is 3.37. The highest BCUT2D eigenvalue weighted by Gasteiger charge is 2.40. The molecule has 29 heavy (non-hydrogen) atoms. The molecule has 4 rings (SSSR count). The highest BCUT2D eigenvalue weighted by molar-refractivity contribution is 6.33. The van der Waals surface area contributed by atoms with Crippen molar-refractivity contribution in [1.29, 1.82) is 0 Å². The van der Waals surface area contributed by atoms with Crippen molar-refractivity contribution < 1.29 is 22.7 Å². The first-order valence-corrected chi connectivity index (χ1v) is 9.01. The van der Waals surface area contributed by atoms with Gasteiger partial charge in [-0.1, -0.05) is 28.8 Å². The number of nitrogens with zero attached hydrogens (tertiary/aromatic N) is 2. The lowest BCUT2D eigenvalue weighted by Crippen LogP contribution is -2.33. The molecule has 150 valence electrons. The van der Waals surface area contributed by atoms with E-state index in [1.165, 1.54) is 7.11 Å². The number of aromatic nitrogens is 2. The molecule has 3 aromatic rings. The fraction of sp³-hybridized carbons (Fsp3) is 0.211. The molecule has 2 aromatic carbocycles. The number of carbonyl (C=O) groups excluding carboxylic acids is 1. The number of anilines is 1. The van der Waals surface area contributed by atoms with Crippen molar-refractivity contribution in [1.82, 2.24) is 15.5 Å². The Morgan fingerprint density at radius 1 is 1.24 bits per heavy atom. The molecule has 0 bridgehead atoms. The third kappa shape index (κ3) is 3.61. The van der Waals surface area contributed by atoms with Gasteiger partial charge in [-0.25, -0.2) is 8.78 Å². The average molecular weight is 421 g/mol. The summed E-state index contributed by atoms with van der Waals surface area (Å²) in [5.74, 6) is -2.69. The van der Waals surface area contributed by atoms with Crippen LogP contribution >= 0.6 is 11.6 Å². The number of nitrogens with one attached hydrogen (secondary N) is 2. The van der Waals surface area contributed by atoms with Gasteiger partial charge in [-0.3, -0.25) is 4.79 Å². The molecule has 1 amide bonds. The third-order valence-corrected chi connectivity index (χ3v) is 4.98. The predicted molar refractivity (Wildman–Crippen MR) is 101 cm³/mol. The summed E-state index contributed by atoms with van der Waals surface area (Å²) in [4.78, 5) is 12.3. The van der Waals surface area contributed by atoms with Crippen LogP contribution in [0.1, 0.15) is 11.5 Å². The van der Waals surface area contributed by atoms with Crippen LogP contribution in [0, 0.1) is 11.6 Å². The van der Waals surface area contributed by atoms with Crippen molar-refractivity contribution in [3.8, 4) is 17.2 Å². The van der Waals surface area contributed by atoms with Crippen LogP contribution in [0.25, 0.3) is 11.5 Å². The number of benzene rings is 2. The molecule has 2 heterocycles. The molecule has 1 aliphatic heterocycles. The maximum atomic E-state index is 14.5. The van der Waals surface area contributed by atoms with Gasteiger partial charge in [0.05, 0.1) is 17.7 Å². The van der Waals surface area contributed by atoms with E-state index in [1.807, 2.05) is 0 Å². The van der Waals surface area contributed by atoms with Crippen LogP contribution in [0.2, 0.25) is 5.02 Å². The van der Waals surface area contributed by atoms with E-state index in [4.69, 9.17) is 20.8 Å². The monoisotopic (exact) mass is 420 g/mol. The molecule has 2 atom stereocenters. The van der Waals surface area contributed by atoms with E-state index >= 15 is 0 Å². The summed E-state index contributed by atoms with van der Waals surface area (Å²) < 4.78 is 39.4. The van der Waals surface area contributed by atoms with Gasteiger partial charge in [-0.2, -0.15) is 0 Å². The van der Waals surface area contributed by atoms with Gasteiger partial charge in [0.25, 0.3) is 5.89 Å². The molecule has 0 radical (unpaired) electrons. The van der Waals surface area contributed by atoms with Crippen LogP contribution in [0.4, 0.5) is 14.8 Å². The lowest BCUT2D eigenvalue weighted by molar-refractivity contribution is -0.119. The Morgan fingerprint density at radius 3 is 2.66 bits per heavy atom. The zero-order valence-electron chi connectivity index (χ0n) is 15.1. The van der Waals surface area contributed by atoms with E-state index in [0.29, 0.717) is 10.6 Å². The largest absolute Gasteiger partial charge is 0.497 e. The maximum absolute atomic E-state index is 14.5. The fourth-order valence-electron chi connectivity index (χ4n) is 3.25. The second-order valence-corrected chi connectivity index (χ2v) is 6.78. The van der Waals surface area contributed by atoms with E-state index < -0.39 is 29.5 Å². The zero-order valence-corrected chi connectivity index (χ0v) is 15.8. The number of carbonyl (C=O) groups is 1. The van der Waals surface area contributed by atoms with Gasteiger partial charge >= 0.3 is 6.01 Å². The van der Waals surface area contributed by atoms with Crippen molar-refractivity contribution >= 4 is 23.5 Å². The van der Waals surface area contributed by atoms with Gasteiger partial charge < -0.3 is 19.8 Å². The summed E-state index contributed by atoms with van der Waals surface area (Å²) in [6.45, 7) is 0.0438. The van der Waals surface area contributed by atoms with E-state index in [-0.39, 0.29) is 29.8 Å². The van der Waals surface area contributed by atoms with Crippen LogP contribution in [0.15, 0.2) is 40.8 Å². The Morgan fingerprint density at radius 2 is 1.97 bits per heavy atom. The molecule has 7 nitrogen and oxygen atoms in total. The first-order valence-electron chi connectivity index (χ1n) is 8.63. The summed E-state index contributed by atoms with van der Waals surface area (Å²) in [7, 11) is 1.31. The Kier molecular flexibility index (Phi) is 5.06. The van der Waals surface area contributed by atoms with Crippen molar-refractivity contribution in [2.24, 2.45) is 0 Å². The quantitative estimate of drug-likeness (QED) is 0.658. The van der Waals surface area contributed by atoms with Crippen LogP contribution < -0.4 is 15.4 Å². The van der Waals surface area contributed by atoms with Gasteiger partial charge in [0.15, 0.2) is 0 Å². The number of methoxy groups -OCH3 is 1. The summed E-state index contributed by atoms with van der Waals surface area (Å²) in [5.41, 5.74) is 0.293. The molecule has 1 saturated heterocycles. The molecule has 0 saturated carbocycles. The van der Waals surface area contributed by atoms with Gasteiger partial charge in [0.2, 0.25) is 5.91 Å². The standard InChI is InChI=1S/C19H15ClF2N4O3/c1-28-9-6-13(21)15(14(22)7-9)11-8-23-17(27)16(11)24-19-26-25-18(29-19)10-4-2-3-5-12(10)20/h2-7,11,16H,8H2,1H3,(H,23,27)(H,24,26)/t11-,16-/m0/s1. The number of ether oxygens (including phenoxy) is 1. The van der Waals surface area contributed by atoms with Gasteiger partial charge in [0.1, 0.15) is 23.4 Å². The van der Waals surface area contributed by atoms with Crippen LogP contribution in [0.3, 0.4) is 0 Å². The Hall–Kier alpha value is -3.20. The Balaban J connectivity index is 1.62. The lowest BCUT2D eigenvalue weighted by Gasteiger charge is -2.19. The first-order chi connectivity index (χ1) is 14.0. The molecule has 0 unspecified atom stereocenters. The van der Waals surface area contributed by atoms with Crippen LogP contribution in [-0.4, -0.2) is 35.8 Å². The maximum Gasteiger partial charge on any atom is 0.316 e. The number of hydrogen-bond donors (Lipinski definition) is 2. The van der Waals surface area contributed by atoms with E-state index in [2.05, 4.69) is 20.8 Å². The molecule has 10 heteroatoms. The normalized spacial score (nSPS) is 18.6. The second kappa shape index (κ2) is 7.67. The van der Waals surface area contributed by atoms with E-state index in [0.717, 1.165) is 12.1 Å². The Labute approximate surface area is 169 Å². The minimum atomic E-state index is -1.01. The summed E-state index contributed by atoms with van der Waals surface area (Å²) >= 11 is 6.12. The van der Waals surface area contributed by atoms with Crippen molar-refractivity contribution in [3.63, 3.8) is 0 Å². The number of halogens is 3. The van der Waals surface area contributed by atoms with Crippen molar-refractivity contribution in [2.45, 2.75) is 12.0 Å². The van der Waals surface area contributed by atoms with Gasteiger partial charge in [-0.05, 0) is 12.1 Å². The lowest BCUT2D eigenvalue weighted by atomic mass is 9.93. The minimum absolute atomic E-state index is 0.0438. The summed E-state index contributed by atoms with van der Waals surface area (Å²) in [5, 5.41) is 13.6. The fourth-order valence-corrected chi connectivity index (χ4v) is 3.46. The third-order valence-electron chi connectivity index (χ3n) is 4.65. The highest BCUT2D eigenvalue weighted by Crippen LogP contribution is 2.33. The molecule has 1 fully saturated rings. The summed E-state index contributed by atoms with van der Waals surface area (Å²) in [6.07, 6.45) is 0. The highest BCUT2D eigenvalue weighted by atomic mass is 35.5. The zero-order chi connectivity index (χ0) is 20.5. The minimum Gasteiger partial charge on any atom is -0.497 e. The number of rotatable bonds is 5. The smallest absolute Gasteiger partial charge is 0.316 e. The number of amides is 1. The van der Waals surface area contributed by atoms with Crippen LogP contribution in [0.5, 0.6) is 5.75 Å². The number of hydrogen-bond acceptors (Lipinski definition) is 6.